The van der Waals surface area contributed by atoms with Crippen LogP contribution in [0.25, 0.3) is 32.2 Å². The second kappa shape index (κ2) is 7.86. The highest BCUT2D eigenvalue weighted by molar-refractivity contribution is 7.17. The third kappa shape index (κ3) is 3.28. The van der Waals surface area contributed by atoms with E-state index in [1.165, 1.54) is 22.2 Å². The van der Waals surface area contributed by atoms with Crippen LogP contribution in [0.3, 0.4) is 0 Å². The molecule has 0 aliphatic rings. The smallest absolute Gasteiger partial charge is 0.284 e. The molecule has 0 aliphatic carbocycles. The van der Waals surface area contributed by atoms with Crippen LogP contribution < -0.4 is 5.56 Å². The number of aromatic nitrogens is 3. The molecule has 0 saturated carbocycles. The molecule has 0 bridgehead atoms. The van der Waals surface area contributed by atoms with Gasteiger partial charge in [0.2, 0.25) is 5.88 Å². The van der Waals surface area contributed by atoms with E-state index in [4.69, 9.17) is 0 Å². The van der Waals surface area contributed by atoms with Crippen molar-refractivity contribution in [2.45, 2.75) is 6.54 Å². The van der Waals surface area contributed by atoms with Gasteiger partial charge in [-0.2, -0.15) is 0 Å². The van der Waals surface area contributed by atoms with Crippen LogP contribution in [0.2, 0.25) is 0 Å². The Kier molecular flexibility index (Phi) is 4.87. The maximum absolute atomic E-state index is 13.1. The largest absolute Gasteiger partial charge is 0.493 e. The van der Waals surface area contributed by atoms with Gasteiger partial charge in [-0.3, -0.25) is 14.2 Å². The molecular formula is C23H17N5O3S. The number of benzene rings is 2. The zero-order chi connectivity index (χ0) is 22.2. The number of fused-ring (bicyclic) bond motifs is 2. The van der Waals surface area contributed by atoms with Crippen molar-refractivity contribution in [1.82, 2.24) is 14.1 Å². The molecule has 0 aliphatic heterocycles. The van der Waals surface area contributed by atoms with Gasteiger partial charge in [0.1, 0.15) is 11.4 Å². The van der Waals surface area contributed by atoms with Gasteiger partial charge in [0.05, 0.1) is 17.2 Å². The Balaban J connectivity index is 1.47. The van der Waals surface area contributed by atoms with Crippen molar-refractivity contribution in [1.29, 1.82) is 0 Å². The van der Waals surface area contributed by atoms with Crippen molar-refractivity contribution in [3.63, 3.8) is 0 Å². The SMILES string of the molecule is Cn1c(O)c(N=NC(=O)Cn2cnc3scc(-c4ccccc4)c3c2=O)c2ccccc21. The molecule has 5 rings (SSSR count). The average Bonchev–Trinajstić information content (AvgIpc) is 3.35. The molecule has 8 nitrogen and oxygen atoms in total. The maximum atomic E-state index is 13.1. The van der Waals surface area contributed by atoms with Crippen LogP contribution in [0.4, 0.5) is 5.69 Å². The highest BCUT2D eigenvalue weighted by atomic mass is 32.1. The summed E-state index contributed by atoms with van der Waals surface area (Å²) < 4.78 is 2.80. The molecule has 0 fully saturated rings. The molecule has 32 heavy (non-hydrogen) atoms. The summed E-state index contributed by atoms with van der Waals surface area (Å²) in [5.41, 5.74) is 2.36. The first-order chi connectivity index (χ1) is 15.5. The van der Waals surface area contributed by atoms with Gasteiger partial charge in [-0.15, -0.1) is 21.6 Å². The predicted octanol–water partition coefficient (Wildman–Crippen LogP) is 4.63. The molecule has 0 unspecified atom stereocenters. The van der Waals surface area contributed by atoms with E-state index < -0.39 is 5.91 Å². The Morgan fingerprint density at radius 2 is 1.88 bits per heavy atom. The van der Waals surface area contributed by atoms with Crippen LogP contribution in [0.15, 0.2) is 81.3 Å². The minimum Gasteiger partial charge on any atom is -0.493 e. The first-order valence-corrected chi connectivity index (χ1v) is 10.7. The predicted molar refractivity (Wildman–Crippen MR) is 123 cm³/mol. The quantitative estimate of drug-likeness (QED) is 0.409. The number of thiophene rings is 1. The number of aryl methyl sites for hydroxylation is 1. The summed E-state index contributed by atoms with van der Waals surface area (Å²) in [5, 5.41) is 21.1. The fourth-order valence-electron chi connectivity index (χ4n) is 3.65. The topological polar surface area (TPSA) is 102 Å². The minimum atomic E-state index is -0.628. The highest BCUT2D eigenvalue weighted by Crippen LogP contribution is 2.37. The van der Waals surface area contributed by atoms with Crippen molar-refractivity contribution in [3.05, 3.63) is 76.7 Å². The van der Waals surface area contributed by atoms with E-state index in [1.54, 1.807) is 17.7 Å². The summed E-state index contributed by atoms with van der Waals surface area (Å²) in [7, 11) is 1.70. The van der Waals surface area contributed by atoms with Gasteiger partial charge in [0.15, 0.2) is 5.69 Å². The van der Waals surface area contributed by atoms with Gasteiger partial charge in [0.25, 0.3) is 11.5 Å². The van der Waals surface area contributed by atoms with Gasteiger partial charge < -0.3 is 9.67 Å². The van der Waals surface area contributed by atoms with E-state index in [9.17, 15) is 14.7 Å². The summed E-state index contributed by atoms with van der Waals surface area (Å²) in [6, 6.07) is 16.8. The van der Waals surface area contributed by atoms with Crippen LogP contribution in [-0.2, 0) is 18.4 Å². The summed E-state index contributed by atoms with van der Waals surface area (Å²) in [5.74, 6) is -0.717. The van der Waals surface area contributed by atoms with Crippen molar-refractivity contribution < 1.29 is 9.90 Å². The number of hydrogen-bond donors (Lipinski definition) is 1. The average molecular weight is 443 g/mol. The Morgan fingerprint density at radius 1 is 1.12 bits per heavy atom. The number of nitrogens with zero attached hydrogens (tertiary/aromatic N) is 5. The lowest BCUT2D eigenvalue weighted by molar-refractivity contribution is -0.118. The lowest BCUT2D eigenvalue weighted by Gasteiger charge is -2.03. The molecule has 0 saturated heterocycles. The van der Waals surface area contributed by atoms with Gasteiger partial charge in [-0.05, 0) is 11.6 Å². The highest BCUT2D eigenvalue weighted by Gasteiger charge is 2.16. The molecule has 0 spiro atoms. The van der Waals surface area contributed by atoms with E-state index in [0.29, 0.717) is 15.6 Å². The van der Waals surface area contributed by atoms with Crippen molar-refractivity contribution in [3.8, 4) is 17.0 Å². The van der Waals surface area contributed by atoms with Crippen molar-refractivity contribution in [2.75, 3.05) is 0 Å². The molecule has 5 aromatic rings. The van der Waals surface area contributed by atoms with E-state index >= 15 is 0 Å². The first-order valence-electron chi connectivity index (χ1n) is 9.77. The summed E-state index contributed by atoms with van der Waals surface area (Å²) >= 11 is 1.38. The van der Waals surface area contributed by atoms with Gasteiger partial charge in [0, 0.05) is 23.4 Å². The zero-order valence-electron chi connectivity index (χ0n) is 17.0. The molecule has 158 valence electrons. The van der Waals surface area contributed by atoms with E-state index in [2.05, 4.69) is 15.2 Å². The van der Waals surface area contributed by atoms with Crippen molar-refractivity contribution in [2.24, 2.45) is 17.3 Å². The number of carbonyl (C=O) groups is 1. The monoisotopic (exact) mass is 443 g/mol. The maximum Gasteiger partial charge on any atom is 0.284 e. The Hall–Kier alpha value is -4.11. The number of carbonyl (C=O) groups excluding carboxylic acids is 1. The van der Waals surface area contributed by atoms with Crippen LogP contribution >= 0.6 is 11.3 Å². The third-order valence-electron chi connectivity index (χ3n) is 5.26. The fourth-order valence-corrected chi connectivity index (χ4v) is 4.56. The van der Waals surface area contributed by atoms with Gasteiger partial charge in [-0.25, -0.2) is 4.98 Å². The third-order valence-corrected chi connectivity index (χ3v) is 6.15. The number of azo groups is 1. The normalized spacial score (nSPS) is 11.7. The Bertz CT molecular complexity index is 1560. The van der Waals surface area contributed by atoms with Crippen LogP contribution in [-0.4, -0.2) is 25.1 Å². The lowest BCUT2D eigenvalue weighted by Crippen LogP contribution is -2.23. The van der Waals surface area contributed by atoms with Gasteiger partial charge in [-0.1, -0.05) is 48.5 Å². The molecule has 9 heteroatoms. The van der Waals surface area contributed by atoms with E-state index in [-0.39, 0.29) is 23.7 Å². The number of para-hydroxylation sites is 1. The second-order valence-corrected chi connectivity index (χ2v) is 8.07. The fraction of sp³-hybridized carbons (Fsp3) is 0.0870. The van der Waals surface area contributed by atoms with Crippen LogP contribution in [0.1, 0.15) is 0 Å². The van der Waals surface area contributed by atoms with E-state index in [1.807, 2.05) is 53.9 Å². The summed E-state index contributed by atoms with van der Waals surface area (Å²) in [4.78, 5) is 30.5. The zero-order valence-corrected chi connectivity index (χ0v) is 17.8. The van der Waals surface area contributed by atoms with Crippen molar-refractivity contribution >= 4 is 44.1 Å². The summed E-state index contributed by atoms with van der Waals surface area (Å²) in [6.45, 7) is -0.305. The molecule has 2 aromatic carbocycles. The molecule has 1 N–H and O–H groups in total. The Labute approximate surface area is 185 Å². The number of rotatable bonds is 4. The number of hydrogen-bond acceptors (Lipinski definition) is 6. The first kappa shape index (κ1) is 19.8. The molecular weight excluding hydrogens is 426 g/mol. The number of aromatic hydroxyl groups is 1. The molecule has 3 heterocycles. The Morgan fingerprint density at radius 3 is 2.69 bits per heavy atom. The van der Waals surface area contributed by atoms with E-state index in [0.717, 1.165) is 16.6 Å². The summed E-state index contributed by atoms with van der Waals surface area (Å²) in [6.07, 6.45) is 1.35. The molecule has 0 atom stereocenters. The lowest BCUT2D eigenvalue weighted by atomic mass is 10.1. The molecule has 0 radical (unpaired) electrons. The van der Waals surface area contributed by atoms with Crippen LogP contribution in [0, 0.1) is 0 Å². The van der Waals surface area contributed by atoms with Gasteiger partial charge >= 0.3 is 0 Å². The second-order valence-electron chi connectivity index (χ2n) is 7.22. The molecule has 3 aromatic heterocycles. The minimum absolute atomic E-state index is 0.0891. The number of amides is 1. The molecule has 1 amide bonds. The van der Waals surface area contributed by atoms with Crippen LogP contribution in [0.5, 0.6) is 5.88 Å². The standard InChI is InChI=1S/C23H17N5O3S/c1-27-17-10-6-5-9-15(17)20(23(27)31)26-25-18(29)11-28-13-24-21-19(22(28)30)16(12-32-21)14-7-3-2-4-8-14/h2-10,12-13,31H,11H2,1H3.